The summed E-state index contributed by atoms with van der Waals surface area (Å²) in [5.41, 5.74) is -0.397. The Bertz CT molecular complexity index is 321. The van der Waals surface area contributed by atoms with Crippen molar-refractivity contribution in [2.75, 3.05) is 0 Å². The van der Waals surface area contributed by atoms with Crippen molar-refractivity contribution in [1.82, 2.24) is 0 Å². The first-order valence-corrected chi connectivity index (χ1v) is 5.44. The van der Waals surface area contributed by atoms with Crippen molar-refractivity contribution in [1.29, 1.82) is 0 Å². The summed E-state index contributed by atoms with van der Waals surface area (Å²) >= 11 is 5.50. The first-order chi connectivity index (χ1) is 6.32. The molecule has 0 saturated heterocycles. The van der Waals surface area contributed by atoms with Crippen molar-refractivity contribution in [2.24, 2.45) is 22.7 Å². The van der Waals surface area contributed by atoms with Gasteiger partial charge in [0.25, 0.3) is 0 Å². The van der Waals surface area contributed by atoms with Crippen molar-refractivity contribution in [2.45, 2.75) is 33.6 Å². The van der Waals surface area contributed by atoms with Gasteiger partial charge in [-0.05, 0) is 35.8 Å². The molecular formula is C11H15ClO2. The van der Waals surface area contributed by atoms with Gasteiger partial charge in [-0.25, -0.2) is 0 Å². The van der Waals surface area contributed by atoms with E-state index in [1.165, 1.54) is 0 Å². The fourth-order valence-electron chi connectivity index (χ4n) is 3.35. The highest BCUT2D eigenvalue weighted by Gasteiger charge is 2.67. The highest BCUT2D eigenvalue weighted by atomic mass is 35.5. The van der Waals surface area contributed by atoms with E-state index in [2.05, 4.69) is 13.8 Å². The quantitative estimate of drug-likeness (QED) is 0.496. The molecule has 2 fully saturated rings. The lowest BCUT2D eigenvalue weighted by atomic mass is 9.70. The van der Waals surface area contributed by atoms with Crippen LogP contribution in [-0.4, -0.2) is 11.0 Å². The summed E-state index contributed by atoms with van der Waals surface area (Å²) in [4.78, 5) is 23.3. The number of carbonyl (C=O) groups is 2. The second kappa shape index (κ2) is 2.60. The second-order valence-electron chi connectivity index (χ2n) is 5.34. The Balaban J connectivity index is 2.49. The van der Waals surface area contributed by atoms with Crippen LogP contribution in [0.25, 0.3) is 0 Å². The van der Waals surface area contributed by atoms with E-state index in [1.807, 2.05) is 6.92 Å². The van der Waals surface area contributed by atoms with E-state index in [0.29, 0.717) is 0 Å². The topological polar surface area (TPSA) is 34.1 Å². The molecule has 0 aliphatic heterocycles. The van der Waals surface area contributed by atoms with Crippen LogP contribution in [0.15, 0.2) is 0 Å². The third-order valence-electron chi connectivity index (χ3n) is 4.78. The van der Waals surface area contributed by atoms with Crippen molar-refractivity contribution < 1.29 is 9.59 Å². The van der Waals surface area contributed by atoms with Gasteiger partial charge in [0, 0.05) is 5.41 Å². The molecule has 3 heteroatoms. The van der Waals surface area contributed by atoms with Crippen LogP contribution in [0.1, 0.15) is 33.6 Å². The first kappa shape index (κ1) is 10.2. The molecule has 2 aliphatic carbocycles. The Morgan fingerprint density at radius 2 is 2.00 bits per heavy atom. The zero-order valence-corrected chi connectivity index (χ0v) is 9.52. The zero-order valence-electron chi connectivity index (χ0n) is 8.76. The SMILES string of the molecule is CC1(C)[C@@H]2CC[C@@]1(C)C(=O)[C@H]2C(=O)Cl. The van der Waals surface area contributed by atoms with E-state index >= 15 is 0 Å². The third kappa shape index (κ3) is 0.881. The molecule has 0 amide bonds. The highest BCUT2D eigenvalue weighted by Crippen LogP contribution is 2.65. The molecule has 0 N–H and O–H groups in total. The maximum Gasteiger partial charge on any atom is 0.232 e. The molecule has 14 heavy (non-hydrogen) atoms. The molecule has 2 bridgehead atoms. The number of carbonyl (C=O) groups excluding carboxylic acids is 2. The highest BCUT2D eigenvalue weighted by molar-refractivity contribution is 6.65. The molecule has 0 heterocycles. The fraction of sp³-hybridized carbons (Fsp3) is 0.818. The Hall–Kier alpha value is -0.370. The van der Waals surface area contributed by atoms with E-state index < -0.39 is 11.2 Å². The van der Waals surface area contributed by atoms with Crippen LogP contribution in [0.3, 0.4) is 0 Å². The minimum Gasteiger partial charge on any atom is -0.298 e. The Kier molecular flexibility index (Phi) is 1.89. The van der Waals surface area contributed by atoms with Crippen molar-refractivity contribution >= 4 is 22.6 Å². The van der Waals surface area contributed by atoms with Gasteiger partial charge >= 0.3 is 0 Å². The van der Waals surface area contributed by atoms with Gasteiger partial charge in [-0.3, -0.25) is 9.59 Å². The number of fused-ring (bicyclic) bond motifs is 2. The Morgan fingerprint density at radius 1 is 1.43 bits per heavy atom. The molecule has 0 unspecified atom stereocenters. The molecular weight excluding hydrogens is 200 g/mol. The summed E-state index contributed by atoms with van der Waals surface area (Å²) in [7, 11) is 0. The number of Topliss-reactive ketones (excluding diaryl/α,β-unsaturated/α-hetero) is 1. The van der Waals surface area contributed by atoms with Crippen LogP contribution >= 0.6 is 11.6 Å². The largest absolute Gasteiger partial charge is 0.298 e. The lowest BCUT2D eigenvalue weighted by Crippen LogP contribution is -2.34. The molecule has 2 aliphatic rings. The molecule has 0 aromatic carbocycles. The van der Waals surface area contributed by atoms with E-state index in [1.54, 1.807) is 0 Å². The molecule has 2 saturated carbocycles. The lowest BCUT2D eigenvalue weighted by molar-refractivity contribution is -0.135. The predicted octanol–water partition coefficient (Wildman–Crippen LogP) is 2.39. The van der Waals surface area contributed by atoms with Gasteiger partial charge in [-0.1, -0.05) is 20.8 Å². The maximum atomic E-state index is 12.0. The van der Waals surface area contributed by atoms with Gasteiger partial charge in [0.15, 0.2) is 5.78 Å². The van der Waals surface area contributed by atoms with Gasteiger partial charge in [0.2, 0.25) is 5.24 Å². The minimum absolute atomic E-state index is 0.0683. The van der Waals surface area contributed by atoms with Gasteiger partial charge in [-0.15, -0.1) is 0 Å². The average Bonchev–Trinajstić information content (AvgIpc) is 2.35. The van der Waals surface area contributed by atoms with Crippen LogP contribution in [0.5, 0.6) is 0 Å². The monoisotopic (exact) mass is 214 g/mol. The predicted molar refractivity (Wildman–Crippen MR) is 54.0 cm³/mol. The summed E-state index contributed by atoms with van der Waals surface area (Å²) in [5, 5.41) is -0.462. The summed E-state index contributed by atoms with van der Waals surface area (Å²) in [6.45, 7) is 6.15. The van der Waals surface area contributed by atoms with Crippen molar-refractivity contribution in [3.05, 3.63) is 0 Å². The zero-order chi connectivity index (χ0) is 10.7. The van der Waals surface area contributed by atoms with E-state index in [9.17, 15) is 9.59 Å². The normalized spacial score (nSPS) is 44.4. The summed E-state index contributed by atoms with van der Waals surface area (Å²) in [6.07, 6.45) is 1.86. The van der Waals surface area contributed by atoms with Crippen LogP contribution in [-0.2, 0) is 9.59 Å². The average molecular weight is 215 g/mol. The van der Waals surface area contributed by atoms with Crippen LogP contribution in [0, 0.1) is 22.7 Å². The van der Waals surface area contributed by atoms with Crippen LogP contribution in [0.2, 0.25) is 0 Å². The van der Waals surface area contributed by atoms with E-state index in [4.69, 9.17) is 11.6 Å². The van der Waals surface area contributed by atoms with Gasteiger partial charge < -0.3 is 0 Å². The smallest absolute Gasteiger partial charge is 0.232 e. The lowest BCUT2D eigenvalue weighted by Gasteiger charge is -2.32. The van der Waals surface area contributed by atoms with Crippen molar-refractivity contribution in [3.63, 3.8) is 0 Å². The van der Waals surface area contributed by atoms with Gasteiger partial charge in [0.1, 0.15) is 0 Å². The van der Waals surface area contributed by atoms with Crippen LogP contribution in [0.4, 0.5) is 0 Å². The number of rotatable bonds is 1. The fourth-order valence-corrected chi connectivity index (χ4v) is 3.60. The molecule has 0 spiro atoms. The van der Waals surface area contributed by atoms with Crippen LogP contribution < -0.4 is 0 Å². The molecule has 2 nitrogen and oxygen atoms in total. The third-order valence-corrected chi connectivity index (χ3v) is 5.01. The second-order valence-corrected chi connectivity index (χ2v) is 5.72. The van der Waals surface area contributed by atoms with E-state index in [0.717, 1.165) is 12.8 Å². The molecule has 3 atom stereocenters. The standard InChI is InChI=1S/C11H15ClO2/c1-10(2)6-4-5-11(10,3)8(13)7(6)9(12)14/h6-7H,4-5H2,1-3H3/t6-,7+,11+/m1/s1. The van der Waals surface area contributed by atoms with E-state index in [-0.39, 0.29) is 22.5 Å². The molecule has 0 radical (unpaired) electrons. The molecule has 2 rings (SSSR count). The number of hydrogen-bond acceptors (Lipinski definition) is 2. The summed E-state index contributed by atoms with van der Waals surface area (Å²) in [5.74, 6) is -0.311. The first-order valence-electron chi connectivity index (χ1n) is 5.06. The summed E-state index contributed by atoms with van der Waals surface area (Å²) < 4.78 is 0. The maximum absolute atomic E-state index is 12.0. The van der Waals surface area contributed by atoms with Crippen molar-refractivity contribution in [3.8, 4) is 0 Å². The number of halogens is 1. The number of ketones is 1. The Labute approximate surface area is 89.0 Å². The number of hydrogen-bond donors (Lipinski definition) is 0. The Morgan fingerprint density at radius 3 is 2.29 bits per heavy atom. The summed E-state index contributed by atoms with van der Waals surface area (Å²) in [6, 6.07) is 0. The van der Waals surface area contributed by atoms with Gasteiger partial charge in [-0.2, -0.15) is 0 Å². The molecule has 78 valence electrons. The van der Waals surface area contributed by atoms with Gasteiger partial charge in [0.05, 0.1) is 5.92 Å². The molecule has 0 aromatic heterocycles. The minimum atomic E-state index is -0.537. The molecule has 0 aromatic rings.